The molecule has 2 atom stereocenters. The van der Waals surface area contributed by atoms with Gasteiger partial charge in [-0.2, -0.15) is 0 Å². The summed E-state index contributed by atoms with van der Waals surface area (Å²) in [6.45, 7) is 1.71. The lowest BCUT2D eigenvalue weighted by Crippen LogP contribution is -2.34. The van der Waals surface area contributed by atoms with Gasteiger partial charge in [-0.25, -0.2) is 0 Å². The van der Waals surface area contributed by atoms with Crippen LogP contribution >= 0.6 is 0 Å². The Kier molecular flexibility index (Phi) is 2.70. The Morgan fingerprint density at radius 1 is 1.50 bits per heavy atom. The van der Waals surface area contributed by atoms with E-state index in [9.17, 15) is 0 Å². The van der Waals surface area contributed by atoms with Gasteiger partial charge in [0.15, 0.2) is 0 Å². The SMILES string of the molecule is COC1CN(c2[c]cccc2)CC1N. The highest BCUT2D eigenvalue weighted by molar-refractivity contribution is 5.46. The molecule has 1 fully saturated rings. The average molecular weight is 191 g/mol. The maximum absolute atomic E-state index is 5.94. The molecule has 0 bridgehead atoms. The molecular formula is C11H15N2O. The highest BCUT2D eigenvalue weighted by atomic mass is 16.5. The fraction of sp³-hybridized carbons (Fsp3) is 0.455. The summed E-state index contributed by atoms with van der Waals surface area (Å²) < 4.78 is 5.29. The molecule has 1 aromatic rings. The van der Waals surface area contributed by atoms with Crippen LogP contribution in [0.5, 0.6) is 0 Å². The summed E-state index contributed by atoms with van der Waals surface area (Å²) in [6.07, 6.45) is 0.142. The molecule has 0 aliphatic carbocycles. The van der Waals surface area contributed by atoms with Gasteiger partial charge in [0, 0.05) is 32.0 Å². The topological polar surface area (TPSA) is 38.5 Å². The Bertz CT molecular complexity index is 289. The molecule has 2 rings (SSSR count). The molecule has 3 heteroatoms. The third-order valence-corrected chi connectivity index (χ3v) is 2.65. The Morgan fingerprint density at radius 3 is 2.93 bits per heavy atom. The second-order valence-electron chi connectivity index (χ2n) is 3.59. The number of hydrogen-bond donors (Lipinski definition) is 1. The summed E-state index contributed by atoms with van der Waals surface area (Å²) in [6, 6.07) is 11.2. The van der Waals surface area contributed by atoms with Gasteiger partial charge in [-0.1, -0.05) is 18.2 Å². The van der Waals surface area contributed by atoms with Crippen LogP contribution in [0, 0.1) is 6.07 Å². The zero-order chi connectivity index (χ0) is 9.97. The van der Waals surface area contributed by atoms with Crippen molar-refractivity contribution in [2.45, 2.75) is 12.1 Å². The lowest BCUT2D eigenvalue weighted by Gasteiger charge is -2.17. The fourth-order valence-electron chi connectivity index (χ4n) is 1.83. The van der Waals surface area contributed by atoms with Crippen molar-refractivity contribution < 1.29 is 4.74 Å². The number of para-hydroxylation sites is 1. The maximum atomic E-state index is 5.94. The Hall–Kier alpha value is -1.06. The molecule has 75 valence electrons. The van der Waals surface area contributed by atoms with Crippen LogP contribution < -0.4 is 10.6 Å². The van der Waals surface area contributed by atoms with Crippen molar-refractivity contribution >= 4 is 5.69 Å². The summed E-state index contributed by atoms with van der Waals surface area (Å²) >= 11 is 0. The van der Waals surface area contributed by atoms with E-state index in [0.717, 1.165) is 18.8 Å². The minimum atomic E-state index is 0.105. The number of anilines is 1. The minimum absolute atomic E-state index is 0.105. The van der Waals surface area contributed by atoms with E-state index < -0.39 is 0 Å². The van der Waals surface area contributed by atoms with Crippen molar-refractivity contribution in [2.24, 2.45) is 5.73 Å². The van der Waals surface area contributed by atoms with Gasteiger partial charge in [0.25, 0.3) is 0 Å². The van der Waals surface area contributed by atoms with Crippen LogP contribution in [0.3, 0.4) is 0 Å². The van der Waals surface area contributed by atoms with E-state index in [-0.39, 0.29) is 12.1 Å². The van der Waals surface area contributed by atoms with Gasteiger partial charge >= 0.3 is 0 Å². The van der Waals surface area contributed by atoms with Gasteiger partial charge in [0.05, 0.1) is 12.1 Å². The van der Waals surface area contributed by atoms with E-state index in [1.165, 1.54) is 0 Å². The number of benzene rings is 1. The molecule has 1 saturated heterocycles. The van der Waals surface area contributed by atoms with Crippen LogP contribution in [0.4, 0.5) is 5.69 Å². The Morgan fingerprint density at radius 2 is 2.36 bits per heavy atom. The third-order valence-electron chi connectivity index (χ3n) is 2.65. The van der Waals surface area contributed by atoms with Crippen LogP contribution in [-0.4, -0.2) is 32.3 Å². The quantitative estimate of drug-likeness (QED) is 0.746. The summed E-state index contributed by atoms with van der Waals surface area (Å²) in [5.41, 5.74) is 7.04. The second kappa shape index (κ2) is 3.98. The highest BCUT2D eigenvalue weighted by Gasteiger charge is 2.29. The number of rotatable bonds is 2. The third kappa shape index (κ3) is 1.74. The Labute approximate surface area is 84.5 Å². The molecule has 0 amide bonds. The van der Waals surface area contributed by atoms with Crippen molar-refractivity contribution in [2.75, 3.05) is 25.1 Å². The van der Waals surface area contributed by atoms with E-state index in [1.54, 1.807) is 7.11 Å². The average Bonchev–Trinajstić information content (AvgIpc) is 2.61. The standard InChI is InChI=1S/C11H15N2O/c1-14-11-8-13(7-10(11)12)9-5-3-2-4-6-9/h2-5,10-11H,7-8,12H2,1H3. The van der Waals surface area contributed by atoms with Crippen molar-refractivity contribution in [1.82, 2.24) is 0 Å². The molecule has 14 heavy (non-hydrogen) atoms. The summed E-state index contributed by atoms with van der Waals surface area (Å²) in [5.74, 6) is 0. The Balaban J connectivity index is 2.09. The number of nitrogens with zero attached hydrogens (tertiary/aromatic N) is 1. The molecule has 2 N–H and O–H groups in total. The predicted octanol–water partition coefficient (Wildman–Crippen LogP) is 0.649. The molecule has 2 unspecified atom stereocenters. The van der Waals surface area contributed by atoms with E-state index in [0.29, 0.717) is 0 Å². The van der Waals surface area contributed by atoms with E-state index in [4.69, 9.17) is 10.5 Å². The summed E-state index contributed by atoms with van der Waals surface area (Å²) in [4.78, 5) is 2.21. The van der Waals surface area contributed by atoms with Crippen LogP contribution in [-0.2, 0) is 4.74 Å². The second-order valence-corrected chi connectivity index (χ2v) is 3.59. The minimum Gasteiger partial charge on any atom is -0.378 e. The van der Waals surface area contributed by atoms with Crippen molar-refractivity contribution in [3.05, 3.63) is 30.3 Å². The van der Waals surface area contributed by atoms with Gasteiger partial charge in [-0.3, -0.25) is 0 Å². The number of hydrogen-bond acceptors (Lipinski definition) is 3. The lowest BCUT2D eigenvalue weighted by atomic mass is 10.2. The monoisotopic (exact) mass is 191 g/mol. The van der Waals surface area contributed by atoms with Crippen LogP contribution in [0.25, 0.3) is 0 Å². The van der Waals surface area contributed by atoms with Crippen LogP contribution in [0.15, 0.2) is 24.3 Å². The molecule has 1 aliphatic rings. The van der Waals surface area contributed by atoms with Gasteiger partial charge in [0.2, 0.25) is 0 Å². The molecule has 0 spiro atoms. The molecule has 1 aromatic carbocycles. The van der Waals surface area contributed by atoms with Gasteiger partial charge < -0.3 is 15.4 Å². The van der Waals surface area contributed by atoms with Crippen LogP contribution in [0.2, 0.25) is 0 Å². The largest absolute Gasteiger partial charge is 0.378 e. The normalized spacial score (nSPS) is 26.9. The molecule has 3 nitrogen and oxygen atoms in total. The zero-order valence-electron chi connectivity index (χ0n) is 8.31. The van der Waals surface area contributed by atoms with Gasteiger partial charge in [-0.05, 0) is 6.07 Å². The summed E-state index contributed by atoms with van der Waals surface area (Å²) in [7, 11) is 1.71. The van der Waals surface area contributed by atoms with Gasteiger partial charge in [-0.15, -0.1) is 0 Å². The van der Waals surface area contributed by atoms with Crippen molar-refractivity contribution in [3.8, 4) is 0 Å². The van der Waals surface area contributed by atoms with Crippen molar-refractivity contribution in [1.29, 1.82) is 0 Å². The highest BCUT2D eigenvalue weighted by Crippen LogP contribution is 2.19. The first-order valence-electron chi connectivity index (χ1n) is 4.81. The maximum Gasteiger partial charge on any atom is 0.0913 e. The van der Waals surface area contributed by atoms with Crippen molar-refractivity contribution in [3.63, 3.8) is 0 Å². The first-order chi connectivity index (χ1) is 6.81. The van der Waals surface area contributed by atoms with E-state index >= 15 is 0 Å². The first kappa shape index (κ1) is 9.49. The molecule has 0 saturated carbocycles. The first-order valence-corrected chi connectivity index (χ1v) is 4.81. The molecular weight excluding hydrogens is 176 g/mol. The number of nitrogens with two attached hydrogens (primary N) is 1. The van der Waals surface area contributed by atoms with Crippen LogP contribution in [0.1, 0.15) is 0 Å². The predicted molar refractivity (Wildman–Crippen MR) is 56.3 cm³/mol. The zero-order valence-corrected chi connectivity index (χ0v) is 8.31. The number of ether oxygens (including phenoxy) is 1. The number of methoxy groups -OCH3 is 1. The van der Waals surface area contributed by atoms with E-state index in [2.05, 4.69) is 11.0 Å². The smallest absolute Gasteiger partial charge is 0.0913 e. The molecule has 1 heterocycles. The molecule has 1 aliphatic heterocycles. The molecule has 1 radical (unpaired) electrons. The summed E-state index contributed by atoms with van der Waals surface area (Å²) in [5, 5.41) is 0. The lowest BCUT2D eigenvalue weighted by molar-refractivity contribution is 0.108. The fourth-order valence-corrected chi connectivity index (χ4v) is 1.83. The van der Waals surface area contributed by atoms with Gasteiger partial charge in [0.1, 0.15) is 0 Å². The van der Waals surface area contributed by atoms with E-state index in [1.807, 2.05) is 24.3 Å². The molecule has 0 aromatic heterocycles.